The lowest BCUT2D eigenvalue weighted by Gasteiger charge is -2.27. The molecule has 0 radical (unpaired) electrons. The second kappa shape index (κ2) is 11.9. The molecule has 0 aliphatic carbocycles. The Morgan fingerprint density at radius 3 is 2.10 bits per heavy atom. The van der Waals surface area contributed by atoms with Gasteiger partial charge in [0.05, 0.1) is 11.4 Å². The SMILES string of the molecule is [2H]C([2H])([2H])N1C(=O)[C@@H](NC(=O)C(CCC(F)(F)F)C(CCC(F)(F)F)C(N)=O)N=C(c2ccccc2)c2ccccc21. The van der Waals surface area contributed by atoms with Gasteiger partial charge < -0.3 is 16.0 Å². The normalized spacial score (nSPS) is 19.0. The van der Waals surface area contributed by atoms with Gasteiger partial charge in [0.25, 0.3) is 5.91 Å². The molecule has 2 unspecified atom stereocenters. The van der Waals surface area contributed by atoms with Crippen molar-refractivity contribution in [1.29, 1.82) is 0 Å². The third-order valence-corrected chi connectivity index (χ3v) is 6.10. The highest BCUT2D eigenvalue weighted by Gasteiger charge is 2.41. The lowest BCUT2D eigenvalue weighted by molar-refractivity contribution is -0.152. The molecule has 0 spiro atoms. The van der Waals surface area contributed by atoms with Gasteiger partial charge in [-0.15, -0.1) is 0 Å². The minimum absolute atomic E-state index is 0.0481. The van der Waals surface area contributed by atoms with Crippen molar-refractivity contribution < 1.29 is 44.8 Å². The molecule has 0 aromatic heterocycles. The van der Waals surface area contributed by atoms with Crippen molar-refractivity contribution >= 4 is 29.1 Å². The van der Waals surface area contributed by atoms with Crippen LogP contribution in [0.4, 0.5) is 32.0 Å². The maximum atomic E-state index is 13.6. The van der Waals surface area contributed by atoms with E-state index in [1.54, 1.807) is 36.4 Å². The van der Waals surface area contributed by atoms with Crippen LogP contribution in [0.1, 0.15) is 40.9 Å². The number of aliphatic imine (C=N–C) groups is 1. The molecular formula is C26H26F6N4O3. The van der Waals surface area contributed by atoms with Crippen molar-refractivity contribution in [2.45, 2.75) is 44.2 Å². The van der Waals surface area contributed by atoms with Crippen molar-refractivity contribution in [3.63, 3.8) is 0 Å². The summed E-state index contributed by atoms with van der Waals surface area (Å²) >= 11 is 0. The first-order chi connectivity index (χ1) is 19.4. The summed E-state index contributed by atoms with van der Waals surface area (Å²) in [5, 5.41) is 2.09. The first-order valence-corrected chi connectivity index (χ1v) is 11.7. The summed E-state index contributed by atoms with van der Waals surface area (Å²) in [4.78, 5) is 43.7. The minimum Gasteiger partial charge on any atom is -0.369 e. The molecule has 0 bridgehead atoms. The number of nitrogens with zero attached hydrogens (tertiary/aromatic N) is 2. The molecule has 0 saturated heterocycles. The maximum absolute atomic E-state index is 13.6. The number of carbonyl (C=O) groups is 3. The van der Waals surface area contributed by atoms with Crippen LogP contribution in [0.3, 0.4) is 0 Å². The molecule has 3 amide bonds. The Hall–Kier alpha value is -3.90. The quantitative estimate of drug-likeness (QED) is 0.447. The van der Waals surface area contributed by atoms with Gasteiger partial charge in [0.15, 0.2) is 0 Å². The predicted octanol–water partition coefficient (Wildman–Crippen LogP) is 4.35. The van der Waals surface area contributed by atoms with Crippen molar-refractivity contribution in [2.24, 2.45) is 22.6 Å². The second-order valence-corrected chi connectivity index (χ2v) is 8.87. The number of nitrogens with one attached hydrogen (secondary N) is 1. The fourth-order valence-electron chi connectivity index (χ4n) is 4.22. The Morgan fingerprint density at radius 2 is 1.54 bits per heavy atom. The van der Waals surface area contributed by atoms with Gasteiger partial charge >= 0.3 is 12.4 Å². The van der Waals surface area contributed by atoms with Gasteiger partial charge in [-0.25, -0.2) is 4.99 Å². The van der Waals surface area contributed by atoms with E-state index in [2.05, 4.69) is 10.3 Å². The van der Waals surface area contributed by atoms with E-state index < -0.39 is 80.7 Å². The number of rotatable bonds is 9. The number of halogens is 6. The Kier molecular flexibility index (Phi) is 7.73. The summed E-state index contributed by atoms with van der Waals surface area (Å²) in [5.41, 5.74) is 5.73. The zero-order chi connectivity index (χ0) is 31.5. The van der Waals surface area contributed by atoms with Crippen LogP contribution < -0.4 is 16.0 Å². The Labute approximate surface area is 224 Å². The third-order valence-electron chi connectivity index (χ3n) is 6.10. The van der Waals surface area contributed by atoms with Gasteiger partial charge in [0.1, 0.15) is 0 Å². The monoisotopic (exact) mass is 559 g/mol. The summed E-state index contributed by atoms with van der Waals surface area (Å²) in [6.45, 7) is -3.12. The van der Waals surface area contributed by atoms with Crippen LogP contribution in [0.2, 0.25) is 0 Å². The van der Waals surface area contributed by atoms with Gasteiger partial charge in [-0.05, 0) is 18.9 Å². The second-order valence-electron chi connectivity index (χ2n) is 8.87. The van der Waals surface area contributed by atoms with Gasteiger partial charge in [-0.1, -0.05) is 48.5 Å². The lowest BCUT2D eigenvalue weighted by atomic mass is 9.83. The standard InChI is InChI=1S/C26H26F6N4O3/c1-36-19-10-6-5-9-18(19)20(15-7-3-2-4-8-15)34-22(24(36)39)35-23(38)17(12-14-26(30,31)32)16(21(33)37)11-13-25(27,28)29/h2-10,16-17,22H,11-14H2,1H3,(H2,33,37)(H,35,38)/t16?,17?,22-/m1/s1/i1D3. The molecule has 3 atom stereocenters. The fraction of sp³-hybridized carbons (Fsp3) is 0.385. The number of benzodiazepines with no additional fused rings is 1. The largest absolute Gasteiger partial charge is 0.389 e. The van der Waals surface area contributed by atoms with E-state index in [9.17, 15) is 40.7 Å². The summed E-state index contributed by atoms with van der Waals surface area (Å²) in [6, 6.07) is 13.9. The third kappa shape index (κ3) is 7.80. The number of hydrogen-bond acceptors (Lipinski definition) is 4. The number of amides is 3. The van der Waals surface area contributed by atoms with E-state index in [0.29, 0.717) is 10.5 Å². The van der Waals surface area contributed by atoms with Crippen molar-refractivity contribution in [1.82, 2.24) is 5.32 Å². The molecule has 0 saturated carbocycles. The smallest absolute Gasteiger partial charge is 0.369 e. The summed E-state index contributed by atoms with van der Waals surface area (Å²) in [7, 11) is 0. The Balaban J connectivity index is 2.10. The predicted molar refractivity (Wildman–Crippen MR) is 131 cm³/mol. The number of hydrogen-bond donors (Lipinski definition) is 2. The number of benzene rings is 2. The fourth-order valence-corrected chi connectivity index (χ4v) is 4.22. The molecule has 13 heteroatoms. The molecule has 1 heterocycles. The van der Waals surface area contributed by atoms with E-state index in [0.717, 1.165) is 0 Å². The van der Waals surface area contributed by atoms with Crippen molar-refractivity contribution in [2.75, 3.05) is 11.9 Å². The number of para-hydroxylation sites is 1. The highest BCUT2D eigenvalue weighted by molar-refractivity contribution is 6.20. The lowest BCUT2D eigenvalue weighted by Crippen LogP contribution is -2.50. The van der Waals surface area contributed by atoms with Crippen LogP contribution >= 0.6 is 0 Å². The average molecular weight is 560 g/mol. The molecule has 7 nitrogen and oxygen atoms in total. The van der Waals surface area contributed by atoms with Crippen molar-refractivity contribution in [3.8, 4) is 0 Å². The van der Waals surface area contributed by atoms with E-state index in [1.165, 1.54) is 18.2 Å². The van der Waals surface area contributed by atoms with Crippen molar-refractivity contribution in [3.05, 3.63) is 65.7 Å². The van der Waals surface area contributed by atoms with E-state index in [-0.39, 0.29) is 17.0 Å². The van der Waals surface area contributed by atoms with Gasteiger partial charge in [-0.3, -0.25) is 14.4 Å². The molecule has 1 aliphatic heterocycles. The minimum atomic E-state index is -4.85. The Morgan fingerprint density at radius 1 is 0.974 bits per heavy atom. The maximum Gasteiger partial charge on any atom is 0.389 e. The molecule has 210 valence electrons. The topological polar surface area (TPSA) is 105 Å². The van der Waals surface area contributed by atoms with Gasteiger partial charge in [-0.2, -0.15) is 26.3 Å². The number of likely N-dealkylation sites (N-methyl/N-ethyl adjacent to an activating group) is 1. The molecule has 3 rings (SSSR count). The summed E-state index contributed by atoms with van der Waals surface area (Å²) in [5.74, 6) is -8.18. The number of anilines is 1. The van der Waals surface area contributed by atoms with Crippen LogP contribution in [0.25, 0.3) is 0 Å². The molecule has 39 heavy (non-hydrogen) atoms. The van der Waals surface area contributed by atoms with Crippen LogP contribution in [-0.2, 0) is 14.4 Å². The number of fused-ring (bicyclic) bond motifs is 1. The summed E-state index contributed by atoms with van der Waals surface area (Å²) < 4.78 is 102. The van der Waals surface area contributed by atoms with Gasteiger partial charge in [0, 0.05) is 46.9 Å². The molecule has 3 N–H and O–H groups in total. The zero-order valence-corrected chi connectivity index (χ0v) is 20.2. The first kappa shape index (κ1) is 25.4. The van der Waals surface area contributed by atoms with E-state index in [4.69, 9.17) is 9.85 Å². The van der Waals surface area contributed by atoms with Gasteiger partial charge in [0.2, 0.25) is 18.0 Å². The number of alkyl halides is 6. The van der Waals surface area contributed by atoms with Crippen LogP contribution in [0.15, 0.2) is 59.6 Å². The average Bonchev–Trinajstić information content (AvgIpc) is 2.99. The number of carbonyl (C=O) groups excluding carboxylic acids is 3. The first-order valence-electron chi connectivity index (χ1n) is 13.2. The van der Waals surface area contributed by atoms with Crippen LogP contribution in [0.5, 0.6) is 0 Å². The Bertz CT molecular complexity index is 1330. The van der Waals surface area contributed by atoms with E-state index >= 15 is 0 Å². The van der Waals surface area contributed by atoms with E-state index in [1.807, 2.05) is 0 Å². The van der Waals surface area contributed by atoms with Crippen LogP contribution in [0, 0.1) is 11.8 Å². The highest BCUT2D eigenvalue weighted by atomic mass is 19.4. The summed E-state index contributed by atoms with van der Waals surface area (Å²) in [6.07, 6.45) is -17.2. The molecule has 2 aromatic rings. The molecular weight excluding hydrogens is 530 g/mol. The number of nitrogens with two attached hydrogens (primary N) is 1. The highest BCUT2D eigenvalue weighted by Crippen LogP contribution is 2.33. The molecule has 2 aromatic carbocycles. The number of primary amides is 1. The molecule has 0 fully saturated rings. The van der Waals surface area contributed by atoms with Crippen LogP contribution in [-0.4, -0.2) is 48.9 Å². The zero-order valence-electron chi connectivity index (χ0n) is 23.2. The molecule has 1 aliphatic rings.